The van der Waals surface area contributed by atoms with Crippen LogP contribution in [0.3, 0.4) is 0 Å². The molecule has 62 valence electrons. The summed E-state index contributed by atoms with van der Waals surface area (Å²) < 4.78 is 4.98. The molecule has 0 aromatic rings. The fourth-order valence-corrected chi connectivity index (χ4v) is 1.26. The molecule has 0 aromatic carbocycles. The van der Waals surface area contributed by atoms with Gasteiger partial charge in [0.25, 0.3) is 0 Å². The van der Waals surface area contributed by atoms with Gasteiger partial charge in [-0.05, 0) is 0 Å². The van der Waals surface area contributed by atoms with E-state index in [-0.39, 0.29) is 12.4 Å². The van der Waals surface area contributed by atoms with Crippen molar-refractivity contribution < 1.29 is 14.6 Å². The molecule has 3 heteroatoms. The highest BCUT2D eigenvalue weighted by molar-refractivity contribution is 5.73. The Balaban J connectivity index is 2.71. The first-order valence-corrected chi connectivity index (χ1v) is 3.62. The van der Waals surface area contributed by atoms with Gasteiger partial charge < -0.3 is 14.6 Å². The Labute approximate surface area is 69.2 Å². The van der Waals surface area contributed by atoms with E-state index in [4.69, 9.17) is 9.52 Å². The van der Waals surface area contributed by atoms with Crippen molar-refractivity contribution in [3.8, 4) is 16.9 Å². The van der Waals surface area contributed by atoms with E-state index in [1.165, 1.54) is 6.26 Å². The van der Waals surface area contributed by atoms with Crippen molar-refractivity contribution in [1.82, 2.24) is 0 Å². The van der Waals surface area contributed by atoms with Crippen molar-refractivity contribution in [3.63, 3.8) is 0 Å². The monoisotopic (exact) mass is 164 g/mol. The van der Waals surface area contributed by atoms with Crippen LogP contribution >= 0.6 is 0 Å². The van der Waals surface area contributed by atoms with Crippen LogP contribution in [0.5, 0.6) is 5.75 Å². The molecule has 1 aliphatic carbocycles. The maximum atomic E-state index is 9.30. The van der Waals surface area contributed by atoms with Crippen molar-refractivity contribution in [2.24, 2.45) is 0 Å². The number of fused-ring (bicyclic) bond motifs is 1. The third kappa shape index (κ3) is 0.871. The van der Waals surface area contributed by atoms with Crippen molar-refractivity contribution >= 4 is 0 Å². The Morgan fingerprint density at radius 3 is 2.75 bits per heavy atom. The molecule has 0 fully saturated rings. The van der Waals surface area contributed by atoms with Crippen molar-refractivity contribution in [3.05, 3.63) is 30.2 Å². The zero-order chi connectivity index (χ0) is 8.55. The lowest BCUT2D eigenvalue weighted by Crippen LogP contribution is -1.87. The molecule has 0 aromatic heterocycles. The lowest BCUT2D eigenvalue weighted by Gasteiger charge is -2.05. The average molecular weight is 164 g/mol. The topological polar surface area (TPSA) is 53.6 Å². The van der Waals surface area contributed by atoms with Gasteiger partial charge in [0, 0.05) is 11.1 Å². The standard InChI is InChI=1S/C9H8O3/c10-4-9-7-3-1-2-6(7)8(11)5-12-9/h1-3,5,10-11H,4H2. The van der Waals surface area contributed by atoms with Crippen LogP contribution in [0.15, 0.2) is 28.9 Å². The number of hydrogen-bond donors (Lipinski definition) is 2. The predicted molar refractivity (Wildman–Crippen MR) is 42.9 cm³/mol. The molecule has 2 aliphatic rings. The molecule has 0 spiro atoms. The number of hydrogen-bond acceptors (Lipinski definition) is 3. The summed E-state index contributed by atoms with van der Waals surface area (Å²) in [5.41, 5.74) is 1.47. The lowest BCUT2D eigenvalue weighted by molar-refractivity contribution is 0.243. The Morgan fingerprint density at radius 2 is 2.00 bits per heavy atom. The molecule has 0 saturated heterocycles. The summed E-state index contributed by atoms with van der Waals surface area (Å²) in [6, 6.07) is 5.38. The van der Waals surface area contributed by atoms with Crippen LogP contribution in [0, 0.1) is 0 Å². The molecule has 2 rings (SSSR count). The minimum absolute atomic E-state index is 0.104. The van der Waals surface area contributed by atoms with Gasteiger partial charge in [-0.1, -0.05) is 18.2 Å². The van der Waals surface area contributed by atoms with Crippen LogP contribution in [0.2, 0.25) is 0 Å². The third-order valence-electron chi connectivity index (χ3n) is 1.85. The van der Waals surface area contributed by atoms with Gasteiger partial charge in [0.05, 0.1) is 0 Å². The average Bonchev–Trinajstić information content (AvgIpc) is 2.54. The minimum Gasteiger partial charge on any atom is -0.504 e. The number of rotatable bonds is 1. The van der Waals surface area contributed by atoms with Crippen molar-refractivity contribution in [1.29, 1.82) is 0 Å². The van der Waals surface area contributed by atoms with Crippen LogP contribution in [-0.2, 0) is 6.61 Å². The van der Waals surface area contributed by atoms with Gasteiger partial charge in [-0.15, -0.1) is 0 Å². The van der Waals surface area contributed by atoms with Crippen molar-refractivity contribution in [2.75, 3.05) is 0 Å². The quantitative estimate of drug-likeness (QED) is 0.672. The summed E-state index contributed by atoms with van der Waals surface area (Å²) in [5, 5.41) is 18.2. The first-order valence-electron chi connectivity index (χ1n) is 3.62. The van der Waals surface area contributed by atoms with Gasteiger partial charge in [-0.25, -0.2) is 0 Å². The van der Waals surface area contributed by atoms with Gasteiger partial charge in [0.1, 0.15) is 18.6 Å². The highest BCUT2D eigenvalue weighted by atomic mass is 16.4. The van der Waals surface area contributed by atoms with E-state index in [1.54, 1.807) is 18.2 Å². The molecule has 2 N–H and O–H groups in total. The molecule has 1 aliphatic heterocycles. The Kier molecular flexibility index (Phi) is 1.52. The SMILES string of the molecule is OCc1occ(O)c2cccc1-2. The van der Waals surface area contributed by atoms with E-state index in [1.807, 2.05) is 0 Å². The first kappa shape index (κ1) is 7.18. The summed E-state index contributed by atoms with van der Waals surface area (Å²) in [7, 11) is 0. The van der Waals surface area contributed by atoms with Crippen LogP contribution in [0.25, 0.3) is 11.1 Å². The molecule has 0 amide bonds. The fourth-order valence-electron chi connectivity index (χ4n) is 1.26. The van der Waals surface area contributed by atoms with Gasteiger partial charge >= 0.3 is 0 Å². The van der Waals surface area contributed by atoms with Crippen LogP contribution in [0.4, 0.5) is 0 Å². The Bertz CT molecular complexity index is 364. The molecular weight excluding hydrogens is 156 g/mol. The highest BCUT2D eigenvalue weighted by Gasteiger charge is 2.13. The van der Waals surface area contributed by atoms with Crippen LogP contribution in [-0.4, -0.2) is 10.2 Å². The summed E-state index contributed by atoms with van der Waals surface area (Å²) in [6.45, 7) is -0.152. The van der Waals surface area contributed by atoms with Crippen LogP contribution in [0.1, 0.15) is 5.76 Å². The van der Waals surface area contributed by atoms with Gasteiger partial charge in [-0.2, -0.15) is 0 Å². The number of aliphatic hydroxyl groups excluding tert-OH is 1. The Hall–Kier alpha value is -1.48. The molecule has 3 nitrogen and oxygen atoms in total. The molecular formula is C9H8O3. The summed E-state index contributed by atoms with van der Waals surface area (Å²) in [6.07, 6.45) is 1.23. The molecule has 0 radical (unpaired) electrons. The first-order chi connectivity index (χ1) is 5.83. The van der Waals surface area contributed by atoms with Gasteiger partial charge in [0.15, 0.2) is 5.75 Å². The number of aromatic hydroxyl groups is 1. The summed E-state index contributed by atoms with van der Waals surface area (Å²) in [4.78, 5) is 0. The van der Waals surface area contributed by atoms with E-state index < -0.39 is 0 Å². The normalized spacial score (nSPS) is 10.8. The molecule has 0 saturated carbocycles. The van der Waals surface area contributed by atoms with Gasteiger partial charge in [-0.3, -0.25) is 0 Å². The zero-order valence-electron chi connectivity index (χ0n) is 6.32. The summed E-state index contributed by atoms with van der Waals surface area (Å²) >= 11 is 0. The summed E-state index contributed by atoms with van der Waals surface area (Å²) in [5.74, 6) is 0.583. The fraction of sp³-hybridized carbons (Fsp3) is 0.111. The highest BCUT2D eigenvalue weighted by Crippen LogP contribution is 2.34. The van der Waals surface area contributed by atoms with E-state index in [0.717, 1.165) is 5.56 Å². The molecule has 0 unspecified atom stereocenters. The third-order valence-corrected chi connectivity index (χ3v) is 1.85. The van der Waals surface area contributed by atoms with E-state index in [2.05, 4.69) is 0 Å². The van der Waals surface area contributed by atoms with E-state index >= 15 is 0 Å². The predicted octanol–water partition coefficient (Wildman–Crippen LogP) is 1.58. The lowest BCUT2D eigenvalue weighted by atomic mass is 10.1. The maximum absolute atomic E-state index is 9.30. The second-order valence-electron chi connectivity index (χ2n) is 2.56. The van der Waals surface area contributed by atoms with E-state index in [0.29, 0.717) is 11.3 Å². The zero-order valence-corrected chi connectivity index (χ0v) is 6.32. The molecule has 12 heavy (non-hydrogen) atoms. The second-order valence-corrected chi connectivity index (χ2v) is 2.56. The maximum Gasteiger partial charge on any atom is 0.158 e. The second kappa shape index (κ2) is 2.53. The number of aliphatic hydroxyl groups is 1. The molecule has 0 bridgehead atoms. The van der Waals surface area contributed by atoms with E-state index in [9.17, 15) is 5.11 Å². The minimum atomic E-state index is -0.152. The smallest absolute Gasteiger partial charge is 0.158 e. The largest absolute Gasteiger partial charge is 0.504 e. The van der Waals surface area contributed by atoms with Gasteiger partial charge in [0.2, 0.25) is 0 Å². The molecule has 0 atom stereocenters. The van der Waals surface area contributed by atoms with Crippen LogP contribution < -0.4 is 0 Å². The Morgan fingerprint density at radius 1 is 1.25 bits per heavy atom. The van der Waals surface area contributed by atoms with Crippen molar-refractivity contribution in [2.45, 2.75) is 6.61 Å². The molecule has 1 heterocycles.